The lowest BCUT2D eigenvalue weighted by atomic mass is 10.2. The molecule has 0 saturated heterocycles. The first-order valence-electron chi connectivity index (χ1n) is 7.00. The summed E-state index contributed by atoms with van der Waals surface area (Å²) in [5.41, 5.74) is 2.13. The first-order chi connectivity index (χ1) is 10.1. The van der Waals surface area contributed by atoms with Crippen LogP contribution in [0.2, 0.25) is 0 Å². The molecule has 21 heavy (non-hydrogen) atoms. The van der Waals surface area contributed by atoms with Crippen molar-refractivity contribution in [1.82, 2.24) is 9.78 Å². The molecule has 1 fully saturated rings. The number of rotatable bonds is 4. The van der Waals surface area contributed by atoms with Gasteiger partial charge in [-0.1, -0.05) is 6.07 Å². The molecule has 0 aliphatic heterocycles. The molecule has 1 heterocycles. The van der Waals surface area contributed by atoms with Crippen LogP contribution in [0.25, 0.3) is 0 Å². The van der Waals surface area contributed by atoms with E-state index in [2.05, 4.69) is 17.2 Å². The topological polar surface area (TPSA) is 38.1 Å². The lowest BCUT2D eigenvalue weighted by Gasteiger charge is -2.18. The van der Waals surface area contributed by atoms with E-state index in [-0.39, 0.29) is 11.8 Å². The maximum atomic E-state index is 12.6. The second kappa shape index (κ2) is 5.56. The van der Waals surface area contributed by atoms with Crippen molar-refractivity contribution in [1.29, 1.82) is 0 Å². The highest BCUT2D eigenvalue weighted by Gasteiger charge is 2.46. The Hall–Kier alpha value is -1.75. The minimum absolute atomic E-state index is 0.0946. The Bertz CT molecular complexity index is 667. The van der Waals surface area contributed by atoms with Crippen molar-refractivity contribution in [2.45, 2.75) is 17.2 Å². The van der Waals surface area contributed by atoms with Crippen LogP contribution in [0, 0.1) is 5.92 Å². The summed E-state index contributed by atoms with van der Waals surface area (Å²) >= 11 is 1.69. The SMILES string of the molecule is CSc1cccc(N(C)C(=O)[C@@H]2C[C@H]2c2cnn(C)c2)c1. The van der Waals surface area contributed by atoms with Crippen LogP contribution in [0.4, 0.5) is 5.69 Å². The van der Waals surface area contributed by atoms with Crippen molar-refractivity contribution in [3.63, 3.8) is 0 Å². The van der Waals surface area contributed by atoms with E-state index in [4.69, 9.17) is 0 Å². The molecule has 0 unspecified atom stereocenters. The molecule has 1 amide bonds. The van der Waals surface area contributed by atoms with Gasteiger partial charge in [0, 0.05) is 36.8 Å². The van der Waals surface area contributed by atoms with Crippen molar-refractivity contribution < 1.29 is 4.79 Å². The normalized spacial score (nSPS) is 20.3. The predicted octanol–water partition coefficient (Wildman–Crippen LogP) is 2.91. The highest BCUT2D eigenvalue weighted by Crippen LogP contribution is 2.48. The second-order valence-corrected chi connectivity index (χ2v) is 6.37. The maximum Gasteiger partial charge on any atom is 0.230 e. The van der Waals surface area contributed by atoms with E-state index in [0.717, 1.165) is 12.1 Å². The maximum absolute atomic E-state index is 12.6. The molecule has 0 radical (unpaired) electrons. The van der Waals surface area contributed by atoms with Crippen molar-refractivity contribution in [2.75, 3.05) is 18.2 Å². The van der Waals surface area contributed by atoms with E-state index in [0.29, 0.717) is 5.92 Å². The van der Waals surface area contributed by atoms with Gasteiger partial charge in [-0.2, -0.15) is 5.10 Å². The van der Waals surface area contributed by atoms with Crippen LogP contribution in [0.5, 0.6) is 0 Å². The van der Waals surface area contributed by atoms with Crippen molar-refractivity contribution >= 4 is 23.4 Å². The summed E-state index contributed by atoms with van der Waals surface area (Å²) in [6, 6.07) is 8.10. The molecule has 1 aliphatic carbocycles. The van der Waals surface area contributed by atoms with Gasteiger partial charge in [0.05, 0.1) is 6.20 Å². The summed E-state index contributed by atoms with van der Waals surface area (Å²) in [5.74, 6) is 0.622. The first kappa shape index (κ1) is 14.2. The number of thioether (sulfide) groups is 1. The van der Waals surface area contributed by atoms with E-state index >= 15 is 0 Å². The Labute approximate surface area is 129 Å². The van der Waals surface area contributed by atoms with Crippen LogP contribution < -0.4 is 4.90 Å². The molecule has 2 atom stereocenters. The lowest BCUT2D eigenvalue weighted by Crippen LogP contribution is -2.28. The van der Waals surface area contributed by atoms with E-state index in [1.54, 1.807) is 21.3 Å². The predicted molar refractivity (Wildman–Crippen MR) is 85.7 cm³/mol. The summed E-state index contributed by atoms with van der Waals surface area (Å²) in [7, 11) is 3.77. The minimum atomic E-state index is 0.0946. The smallest absolute Gasteiger partial charge is 0.230 e. The quantitative estimate of drug-likeness (QED) is 0.815. The van der Waals surface area contributed by atoms with Crippen molar-refractivity contribution in [3.8, 4) is 0 Å². The Kier molecular flexibility index (Phi) is 3.76. The standard InChI is InChI=1S/C16H19N3OS/c1-18-10-11(9-17-18)14-8-15(14)16(20)19(2)12-5-4-6-13(7-12)21-3/h4-7,9-10,14-15H,8H2,1-3H3/t14-,15+/m0/s1. The van der Waals surface area contributed by atoms with Crippen LogP contribution in [-0.2, 0) is 11.8 Å². The zero-order valence-electron chi connectivity index (χ0n) is 12.5. The van der Waals surface area contributed by atoms with Crippen molar-refractivity contribution in [2.24, 2.45) is 13.0 Å². The third-order valence-electron chi connectivity index (χ3n) is 4.03. The van der Waals surface area contributed by atoms with Gasteiger partial charge < -0.3 is 4.90 Å². The summed E-state index contributed by atoms with van der Waals surface area (Å²) in [5, 5.41) is 4.19. The molecule has 1 aromatic heterocycles. The summed E-state index contributed by atoms with van der Waals surface area (Å²) in [6.07, 6.45) is 6.84. The molecule has 5 heteroatoms. The number of amides is 1. The average Bonchev–Trinajstić information content (AvgIpc) is 3.20. The fourth-order valence-corrected chi connectivity index (χ4v) is 3.12. The molecule has 0 N–H and O–H groups in total. The summed E-state index contributed by atoms with van der Waals surface area (Å²) in [4.78, 5) is 15.5. The van der Waals surface area contributed by atoms with Gasteiger partial charge in [-0.25, -0.2) is 0 Å². The molecule has 1 aliphatic rings. The van der Waals surface area contributed by atoms with Crippen LogP contribution in [0.15, 0.2) is 41.6 Å². The first-order valence-corrected chi connectivity index (χ1v) is 8.23. The van der Waals surface area contributed by atoms with E-state index in [1.807, 2.05) is 44.9 Å². The number of hydrogen-bond donors (Lipinski definition) is 0. The Morgan fingerprint density at radius 3 is 2.95 bits per heavy atom. The van der Waals surface area contributed by atoms with E-state index in [1.165, 1.54) is 10.5 Å². The van der Waals surface area contributed by atoms with Gasteiger partial charge in [0.15, 0.2) is 0 Å². The summed E-state index contributed by atoms with van der Waals surface area (Å²) < 4.78 is 1.79. The molecule has 1 saturated carbocycles. The van der Waals surface area contributed by atoms with Gasteiger partial charge in [-0.15, -0.1) is 11.8 Å². The lowest BCUT2D eigenvalue weighted by molar-refractivity contribution is -0.119. The summed E-state index contributed by atoms with van der Waals surface area (Å²) in [6.45, 7) is 0. The molecule has 0 bridgehead atoms. The number of hydrogen-bond acceptors (Lipinski definition) is 3. The monoisotopic (exact) mass is 301 g/mol. The molecular weight excluding hydrogens is 282 g/mol. The molecule has 3 rings (SSSR count). The van der Waals surface area contributed by atoms with E-state index in [9.17, 15) is 4.79 Å². The fourth-order valence-electron chi connectivity index (χ4n) is 2.66. The van der Waals surface area contributed by atoms with Gasteiger partial charge in [-0.3, -0.25) is 9.48 Å². The average molecular weight is 301 g/mol. The number of carbonyl (C=O) groups excluding carboxylic acids is 1. The third kappa shape index (κ3) is 2.83. The zero-order valence-corrected chi connectivity index (χ0v) is 13.3. The van der Waals surface area contributed by atoms with Crippen molar-refractivity contribution in [3.05, 3.63) is 42.2 Å². The number of anilines is 1. The van der Waals surface area contributed by atoms with Gasteiger partial charge in [-0.05, 0) is 42.4 Å². The van der Waals surface area contributed by atoms with Crippen LogP contribution in [0.3, 0.4) is 0 Å². The zero-order chi connectivity index (χ0) is 15.0. The molecule has 0 spiro atoms. The van der Waals surface area contributed by atoms with E-state index < -0.39 is 0 Å². The van der Waals surface area contributed by atoms with Gasteiger partial charge in [0.25, 0.3) is 0 Å². The highest BCUT2D eigenvalue weighted by molar-refractivity contribution is 7.98. The molecule has 1 aromatic carbocycles. The fraction of sp³-hybridized carbons (Fsp3) is 0.375. The minimum Gasteiger partial charge on any atom is -0.315 e. The highest BCUT2D eigenvalue weighted by atomic mass is 32.2. The number of aromatic nitrogens is 2. The molecular formula is C16H19N3OS. The Balaban J connectivity index is 1.71. The molecule has 2 aromatic rings. The van der Waals surface area contributed by atoms with Gasteiger partial charge in [0.1, 0.15) is 0 Å². The molecule has 110 valence electrons. The Morgan fingerprint density at radius 1 is 1.48 bits per heavy atom. The second-order valence-electron chi connectivity index (χ2n) is 5.49. The van der Waals surface area contributed by atoms with Gasteiger partial charge >= 0.3 is 0 Å². The van der Waals surface area contributed by atoms with Crippen LogP contribution >= 0.6 is 11.8 Å². The molecule has 4 nitrogen and oxygen atoms in total. The Morgan fingerprint density at radius 2 is 2.29 bits per heavy atom. The van der Waals surface area contributed by atoms with Crippen LogP contribution in [0.1, 0.15) is 17.9 Å². The van der Waals surface area contributed by atoms with Crippen LogP contribution in [-0.4, -0.2) is 29.0 Å². The number of carbonyl (C=O) groups is 1. The third-order valence-corrected chi connectivity index (χ3v) is 4.76. The number of aryl methyl sites for hydroxylation is 1. The number of nitrogens with zero attached hydrogens (tertiary/aromatic N) is 3. The van der Waals surface area contributed by atoms with Gasteiger partial charge in [0.2, 0.25) is 5.91 Å². The largest absolute Gasteiger partial charge is 0.315 e. The number of benzene rings is 1.